The van der Waals surface area contributed by atoms with Crippen molar-refractivity contribution in [3.8, 4) is 0 Å². The van der Waals surface area contributed by atoms with Crippen LogP contribution in [0.1, 0.15) is 24.1 Å². The van der Waals surface area contributed by atoms with E-state index in [0.717, 1.165) is 43.9 Å². The smallest absolute Gasteiger partial charge is 0.0602 e. The summed E-state index contributed by atoms with van der Waals surface area (Å²) in [5, 5.41) is 12.8. The van der Waals surface area contributed by atoms with E-state index in [4.69, 9.17) is 0 Å². The lowest BCUT2D eigenvalue weighted by Gasteiger charge is -2.34. The maximum absolute atomic E-state index is 9.29. The molecule has 1 aliphatic rings. The molecule has 0 amide bonds. The monoisotopic (exact) mass is 311 g/mol. The van der Waals surface area contributed by atoms with E-state index in [1.54, 1.807) is 0 Å². The Morgan fingerprint density at radius 2 is 1.96 bits per heavy atom. The van der Waals surface area contributed by atoms with Crippen molar-refractivity contribution < 1.29 is 5.11 Å². The van der Waals surface area contributed by atoms with Gasteiger partial charge in [-0.05, 0) is 49.4 Å². The highest BCUT2D eigenvalue weighted by atomic mass is 16.3. The number of rotatable bonds is 5. The third kappa shape index (κ3) is 4.02. The summed E-state index contributed by atoms with van der Waals surface area (Å²) in [4.78, 5) is 6.87. The van der Waals surface area contributed by atoms with E-state index in [-0.39, 0.29) is 0 Å². The van der Waals surface area contributed by atoms with E-state index < -0.39 is 0 Å². The highest BCUT2D eigenvalue weighted by Gasteiger charge is 2.20. The second kappa shape index (κ2) is 7.47. The summed E-state index contributed by atoms with van der Waals surface area (Å²) < 4.78 is 0. The van der Waals surface area contributed by atoms with Crippen molar-refractivity contribution >= 4 is 11.4 Å². The molecule has 0 aliphatic carbocycles. The second-order valence-electron chi connectivity index (χ2n) is 6.31. The number of benzene rings is 1. The van der Waals surface area contributed by atoms with Gasteiger partial charge in [0.05, 0.1) is 23.6 Å². The van der Waals surface area contributed by atoms with Crippen LogP contribution in [-0.2, 0) is 6.54 Å². The van der Waals surface area contributed by atoms with Crippen molar-refractivity contribution in [2.24, 2.45) is 5.92 Å². The molecule has 1 aromatic carbocycles. The number of aryl methyl sites for hydroxylation is 1. The quantitative estimate of drug-likeness (QED) is 0.890. The average molecular weight is 311 g/mol. The van der Waals surface area contributed by atoms with E-state index >= 15 is 0 Å². The largest absolute Gasteiger partial charge is 0.396 e. The van der Waals surface area contributed by atoms with Crippen molar-refractivity contribution in [3.05, 3.63) is 53.9 Å². The molecule has 0 bridgehead atoms. The topological polar surface area (TPSA) is 48.4 Å². The van der Waals surface area contributed by atoms with Crippen LogP contribution in [0.15, 0.2) is 42.6 Å². The second-order valence-corrected chi connectivity index (χ2v) is 6.31. The predicted molar refractivity (Wildman–Crippen MR) is 94.8 cm³/mol. The summed E-state index contributed by atoms with van der Waals surface area (Å²) >= 11 is 0. The number of piperidine rings is 1. The third-order valence-corrected chi connectivity index (χ3v) is 4.55. The number of aliphatic hydroxyl groups is 1. The summed E-state index contributed by atoms with van der Waals surface area (Å²) in [5.74, 6) is 0.461. The number of anilines is 2. The van der Waals surface area contributed by atoms with Gasteiger partial charge in [-0.3, -0.25) is 4.98 Å². The number of hydrogen-bond donors (Lipinski definition) is 2. The normalized spacial score (nSPS) is 15.7. The minimum atomic E-state index is 0.312. The minimum absolute atomic E-state index is 0.312. The van der Waals surface area contributed by atoms with Gasteiger partial charge >= 0.3 is 0 Å². The zero-order chi connectivity index (χ0) is 16.1. The SMILES string of the molecule is Cc1ccc(CNc2ccccc2N2CCC(CO)CC2)nc1. The fraction of sp³-hybridized carbons (Fsp3) is 0.421. The van der Waals surface area contributed by atoms with Gasteiger partial charge < -0.3 is 15.3 Å². The summed E-state index contributed by atoms with van der Waals surface area (Å²) in [6.45, 7) is 5.10. The van der Waals surface area contributed by atoms with Gasteiger partial charge in [-0.15, -0.1) is 0 Å². The van der Waals surface area contributed by atoms with Gasteiger partial charge in [-0.2, -0.15) is 0 Å². The van der Waals surface area contributed by atoms with E-state index in [0.29, 0.717) is 12.5 Å². The Kier molecular flexibility index (Phi) is 5.13. The molecular formula is C19H25N3O. The molecular weight excluding hydrogens is 286 g/mol. The molecule has 122 valence electrons. The molecule has 0 radical (unpaired) electrons. The van der Waals surface area contributed by atoms with Crippen molar-refractivity contribution in [2.45, 2.75) is 26.3 Å². The van der Waals surface area contributed by atoms with Gasteiger partial charge in [-0.1, -0.05) is 18.2 Å². The molecule has 23 heavy (non-hydrogen) atoms. The number of nitrogens with one attached hydrogen (secondary N) is 1. The Morgan fingerprint density at radius 1 is 1.17 bits per heavy atom. The van der Waals surface area contributed by atoms with Crippen molar-refractivity contribution in [2.75, 3.05) is 29.9 Å². The van der Waals surface area contributed by atoms with Crippen LogP contribution in [0.3, 0.4) is 0 Å². The molecule has 0 saturated carbocycles. The van der Waals surface area contributed by atoms with Crippen LogP contribution in [0.2, 0.25) is 0 Å². The number of aliphatic hydroxyl groups excluding tert-OH is 1. The van der Waals surface area contributed by atoms with Gasteiger partial charge in [0.1, 0.15) is 0 Å². The van der Waals surface area contributed by atoms with Crippen LogP contribution in [0.25, 0.3) is 0 Å². The van der Waals surface area contributed by atoms with Crippen molar-refractivity contribution in [1.82, 2.24) is 4.98 Å². The molecule has 0 spiro atoms. The highest BCUT2D eigenvalue weighted by molar-refractivity contribution is 5.70. The van der Waals surface area contributed by atoms with Crippen LogP contribution in [0.5, 0.6) is 0 Å². The predicted octanol–water partition coefficient (Wildman–Crippen LogP) is 3.21. The van der Waals surface area contributed by atoms with Gasteiger partial charge in [0, 0.05) is 25.9 Å². The summed E-state index contributed by atoms with van der Waals surface area (Å²) in [6, 6.07) is 12.6. The zero-order valence-corrected chi connectivity index (χ0v) is 13.7. The molecule has 4 heteroatoms. The van der Waals surface area contributed by atoms with Crippen molar-refractivity contribution in [3.63, 3.8) is 0 Å². The maximum Gasteiger partial charge on any atom is 0.0602 e. The lowest BCUT2D eigenvalue weighted by Crippen LogP contribution is -2.35. The molecule has 0 atom stereocenters. The Labute approximate surface area is 138 Å². The van der Waals surface area contributed by atoms with Gasteiger partial charge in [0.2, 0.25) is 0 Å². The molecule has 2 heterocycles. The standard InChI is InChI=1S/C19H25N3O/c1-15-6-7-17(20-12-15)13-21-18-4-2-3-5-19(18)22-10-8-16(14-23)9-11-22/h2-7,12,16,21,23H,8-11,13-14H2,1H3. The van der Waals surface area contributed by atoms with Crippen LogP contribution in [-0.4, -0.2) is 29.8 Å². The summed E-state index contributed by atoms with van der Waals surface area (Å²) in [6.07, 6.45) is 4.03. The Bertz CT molecular complexity index is 619. The van der Waals surface area contributed by atoms with Crippen LogP contribution in [0.4, 0.5) is 11.4 Å². The molecule has 1 aliphatic heterocycles. The molecule has 2 aromatic rings. The van der Waals surface area contributed by atoms with E-state index in [1.807, 2.05) is 6.20 Å². The van der Waals surface area contributed by atoms with Crippen LogP contribution in [0, 0.1) is 12.8 Å². The number of pyridine rings is 1. The first-order chi connectivity index (χ1) is 11.3. The first kappa shape index (κ1) is 15.8. The number of para-hydroxylation sites is 2. The summed E-state index contributed by atoms with van der Waals surface area (Å²) in [7, 11) is 0. The molecule has 2 N–H and O–H groups in total. The lowest BCUT2D eigenvalue weighted by atomic mass is 9.97. The average Bonchev–Trinajstić information content (AvgIpc) is 2.62. The molecule has 0 unspecified atom stereocenters. The zero-order valence-electron chi connectivity index (χ0n) is 13.7. The van der Waals surface area contributed by atoms with E-state index in [1.165, 1.54) is 11.3 Å². The Morgan fingerprint density at radius 3 is 2.65 bits per heavy atom. The molecule has 1 fully saturated rings. The van der Waals surface area contributed by atoms with Crippen LogP contribution >= 0.6 is 0 Å². The number of hydrogen-bond acceptors (Lipinski definition) is 4. The molecule has 4 nitrogen and oxygen atoms in total. The van der Waals surface area contributed by atoms with Crippen LogP contribution < -0.4 is 10.2 Å². The number of aromatic nitrogens is 1. The molecule has 1 saturated heterocycles. The molecule has 1 aromatic heterocycles. The summed E-state index contributed by atoms with van der Waals surface area (Å²) in [5.41, 5.74) is 4.62. The fourth-order valence-corrected chi connectivity index (χ4v) is 3.04. The van der Waals surface area contributed by atoms with E-state index in [2.05, 4.69) is 58.5 Å². The fourth-order valence-electron chi connectivity index (χ4n) is 3.04. The minimum Gasteiger partial charge on any atom is -0.396 e. The third-order valence-electron chi connectivity index (χ3n) is 4.55. The van der Waals surface area contributed by atoms with Crippen molar-refractivity contribution in [1.29, 1.82) is 0 Å². The number of nitrogens with zero attached hydrogens (tertiary/aromatic N) is 2. The van der Waals surface area contributed by atoms with Gasteiger partial charge in [0.25, 0.3) is 0 Å². The lowest BCUT2D eigenvalue weighted by molar-refractivity contribution is 0.203. The first-order valence-electron chi connectivity index (χ1n) is 8.36. The Hall–Kier alpha value is -2.07. The molecule has 3 rings (SSSR count). The Balaban J connectivity index is 1.67. The first-order valence-corrected chi connectivity index (χ1v) is 8.36. The van der Waals surface area contributed by atoms with E-state index in [9.17, 15) is 5.11 Å². The van der Waals surface area contributed by atoms with Gasteiger partial charge in [0.15, 0.2) is 0 Å². The van der Waals surface area contributed by atoms with Gasteiger partial charge in [-0.25, -0.2) is 0 Å². The maximum atomic E-state index is 9.29. The highest BCUT2D eigenvalue weighted by Crippen LogP contribution is 2.29.